The molecule has 5 rings (SSSR count). The maximum atomic E-state index is 15.0. The van der Waals surface area contributed by atoms with Crippen LogP contribution in [-0.4, -0.2) is 90.7 Å². The number of hydrogen-bond acceptors (Lipinski definition) is 11. The van der Waals surface area contributed by atoms with Crippen LogP contribution < -0.4 is 27.6 Å². The SMILES string of the molecule is O=c1ccn([C@@H]2O[C@H](CO)[C@H]3NP(=O)(O)OC[C@H]4O[C@H]([C@H](F)[C@@H]4O)n4cc(c(=O)[nH]c4=O)CCCO[C@H]32)c(=O)[nH]1. The standard InChI is InChI=1S/C21H27FN5O12P/c22-13-15(30)11-8-37-40(34,35)25-14-10(7-28)38-19(26-4-3-12(29)23-20(26)32)16(14)36-5-1-2-9-6-27(18(13)39-11)21(33)24-17(9)31/h3-4,6,10-11,13-16,18-19,28,30H,1-2,5,7-8H2,(H,23,29,32)(H,24,31,33)(H2,25,34,35)/t10-,11-,13-,14-,15-,16-,18-,19-/m1/s1. The highest BCUT2D eigenvalue weighted by Gasteiger charge is 2.50. The maximum Gasteiger partial charge on any atom is 0.403 e. The number of rotatable bonds is 2. The van der Waals surface area contributed by atoms with Crippen molar-refractivity contribution in [3.05, 3.63) is 65.7 Å². The molecule has 0 aliphatic carbocycles. The summed E-state index contributed by atoms with van der Waals surface area (Å²) in [5.74, 6) is 0. The molecule has 17 nitrogen and oxygen atoms in total. The van der Waals surface area contributed by atoms with Crippen molar-refractivity contribution in [1.29, 1.82) is 0 Å². The van der Waals surface area contributed by atoms with E-state index >= 15 is 0 Å². The Morgan fingerprint density at radius 1 is 1.10 bits per heavy atom. The van der Waals surface area contributed by atoms with Crippen LogP contribution in [0.25, 0.3) is 0 Å². The molecule has 3 aliphatic rings. The Kier molecular flexibility index (Phi) is 8.06. The van der Waals surface area contributed by atoms with E-state index < -0.39 is 92.5 Å². The van der Waals surface area contributed by atoms with Crippen LogP contribution in [-0.2, 0) is 29.7 Å². The van der Waals surface area contributed by atoms with Crippen LogP contribution in [0.15, 0.2) is 37.6 Å². The molecule has 3 aliphatic heterocycles. The first-order chi connectivity index (χ1) is 19.0. The van der Waals surface area contributed by atoms with E-state index in [2.05, 4.69) is 15.1 Å². The fourth-order valence-electron chi connectivity index (χ4n) is 4.92. The Morgan fingerprint density at radius 3 is 2.58 bits per heavy atom. The highest BCUT2D eigenvalue weighted by molar-refractivity contribution is 7.50. The second-order valence-electron chi connectivity index (χ2n) is 9.50. The van der Waals surface area contributed by atoms with Gasteiger partial charge in [-0.25, -0.2) is 23.6 Å². The number of nitrogens with one attached hydrogen (secondary N) is 3. The number of H-pyrrole nitrogens is 2. The molecule has 2 fully saturated rings. The zero-order valence-electron chi connectivity index (χ0n) is 20.6. The predicted octanol–water partition coefficient (Wildman–Crippen LogP) is -3.02. The summed E-state index contributed by atoms with van der Waals surface area (Å²) in [5.41, 5.74) is -3.18. The van der Waals surface area contributed by atoms with Gasteiger partial charge < -0.3 is 29.3 Å². The minimum atomic E-state index is -4.79. The van der Waals surface area contributed by atoms with E-state index in [0.29, 0.717) is 0 Å². The highest BCUT2D eigenvalue weighted by Crippen LogP contribution is 2.43. The lowest BCUT2D eigenvalue weighted by atomic mass is 10.1. The number of aliphatic hydroxyl groups excluding tert-OH is 2. The highest BCUT2D eigenvalue weighted by atomic mass is 31.2. The van der Waals surface area contributed by atoms with Crippen molar-refractivity contribution < 1.29 is 42.8 Å². The van der Waals surface area contributed by atoms with Gasteiger partial charge >= 0.3 is 19.1 Å². The van der Waals surface area contributed by atoms with E-state index in [1.807, 2.05) is 0 Å². The fraction of sp³-hybridized carbons (Fsp3) is 0.619. The van der Waals surface area contributed by atoms with Gasteiger partial charge in [0.05, 0.1) is 19.3 Å². The molecule has 0 radical (unpaired) electrons. The molecule has 2 saturated heterocycles. The van der Waals surface area contributed by atoms with Crippen molar-refractivity contribution >= 4 is 7.75 Å². The lowest BCUT2D eigenvalue weighted by Gasteiger charge is -2.28. The Bertz CT molecular complexity index is 1520. The van der Waals surface area contributed by atoms with E-state index in [-0.39, 0.29) is 25.0 Å². The van der Waals surface area contributed by atoms with Crippen molar-refractivity contribution in [2.45, 2.75) is 61.9 Å². The van der Waals surface area contributed by atoms with E-state index in [1.165, 1.54) is 0 Å². The molecule has 2 aromatic rings. The van der Waals surface area contributed by atoms with E-state index in [4.69, 9.17) is 18.7 Å². The number of nitrogens with zero attached hydrogens (tertiary/aromatic N) is 2. The zero-order valence-corrected chi connectivity index (χ0v) is 21.5. The number of aliphatic hydroxyl groups is 2. The quantitative estimate of drug-likeness (QED) is 0.191. The Hall–Kier alpha value is -2.80. The van der Waals surface area contributed by atoms with Crippen LogP contribution in [0, 0.1) is 0 Å². The van der Waals surface area contributed by atoms with Crippen LogP contribution in [0.5, 0.6) is 0 Å². The van der Waals surface area contributed by atoms with Crippen molar-refractivity contribution in [3.63, 3.8) is 0 Å². The normalized spacial score (nSPS) is 36.8. The van der Waals surface area contributed by atoms with Gasteiger partial charge in [-0.3, -0.25) is 33.2 Å². The largest absolute Gasteiger partial charge is 0.403 e. The predicted molar refractivity (Wildman–Crippen MR) is 129 cm³/mol. The van der Waals surface area contributed by atoms with Crippen molar-refractivity contribution in [2.75, 3.05) is 19.8 Å². The summed E-state index contributed by atoms with van der Waals surface area (Å²) in [5, 5.41) is 22.6. The minimum Gasteiger partial charge on any atom is -0.394 e. The number of aromatic nitrogens is 4. The second-order valence-corrected chi connectivity index (χ2v) is 11.1. The molecule has 0 amide bonds. The number of fused-ring (bicyclic) bond motifs is 6. The van der Waals surface area contributed by atoms with Crippen LogP contribution in [0.2, 0.25) is 0 Å². The third-order valence-electron chi connectivity index (χ3n) is 6.89. The molecule has 6 N–H and O–H groups in total. The van der Waals surface area contributed by atoms with E-state index in [1.54, 1.807) is 0 Å². The van der Waals surface area contributed by atoms with Crippen LogP contribution in [0.3, 0.4) is 0 Å². The summed E-state index contributed by atoms with van der Waals surface area (Å²) in [6.07, 6.45) is -8.40. The van der Waals surface area contributed by atoms with E-state index in [0.717, 1.165) is 27.6 Å². The Balaban J connectivity index is 1.51. The van der Waals surface area contributed by atoms with Gasteiger partial charge in [0.1, 0.15) is 24.4 Å². The van der Waals surface area contributed by atoms with Gasteiger partial charge in [0, 0.05) is 30.6 Å². The van der Waals surface area contributed by atoms with Crippen LogP contribution in [0.1, 0.15) is 24.4 Å². The van der Waals surface area contributed by atoms with Crippen LogP contribution in [0.4, 0.5) is 4.39 Å². The molecule has 40 heavy (non-hydrogen) atoms. The molecule has 2 aromatic heterocycles. The first kappa shape index (κ1) is 28.7. The summed E-state index contributed by atoms with van der Waals surface area (Å²) in [6.45, 7) is -1.59. The molecule has 1 unspecified atom stereocenters. The lowest BCUT2D eigenvalue weighted by molar-refractivity contribution is -0.0732. The number of ether oxygens (including phenoxy) is 3. The molecular formula is C21H27FN5O12P. The molecule has 5 heterocycles. The van der Waals surface area contributed by atoms with Crippen molar-refractivity contribution in [2.24, 2.45) is 0 Å². The average Bonchev–Trinajstić information content (AvgIpc) is 3.37. The molecule has 9 atom stereocenters. The van der Waals surface area contributed by atoms with Gasteiger partial charge in [0.2, 0.25) is 0 Å². The molecule has 220 valence electrons. The fourth-order valence-corrected chi connectivity index (χ4v) is 6.04. The number of aryl methyl sites for hydroxylation is 1. The maximum absolute atomic E-state index is 15.0. The first-order valence-electron chi connectivity index (χ1n) is 12.3. The first-order valence-corrected chi connectivity index (χ1v) is 13.8. The summed E-state index contributed by atoms with van der Waals surface area (Å²) in [4.78, 5) is 63.5. The lowest BCUT2D eigenvalue weighted by Crippen LogP contribution is -2.47. The van der Waals surface area contributed by atoms with Crippen LogP contribution >= 0.6 is 7.75 Å². The summed E-state index contributed by atoms with van der Waals surface area (Å²) < 4.78 is 51.9. The van der Waals surface area contributed by atoms with Crippen molar-refractivity contribution in [1.82, 2.24) is 24.2 Å². The average molecular weight is 591 g/mol. The van der Waals surface area contributed by atoms with Gasteiger partial charge in [0.15, 0.2) is 18.6 Å². The van der Waals surface area contributed by atoms with Gasteiger partial charge in [-0.05, 0) is 12.8 Å². The molecule has 0 saturated carbocycles. The Morgan fingerprint density at radius 2 is 1.85 bits per heavy atom. The minimum absolute atomic E-state index is 0.0330. The zero-order chi connectivity index (χ0) is 28.8. The van der Waals surface area contributed by atoms with Gasteiger partial charge in [-0.1, -0.05) is 0 Å². The third kappa shape index (κ3) is 5.54. The monoisotopic (exact) mass is 591 g/mol. The number of halogens is 1. The summed E-state index contributed by atoms with van der Waals surface area (Å²) >= 11 is 0. The number of aromatic amines is 2. The van der Waals surface area contributed by atoms with Crippen molar-refractivity contribution in [3.8, 4) is 0 Å². The molecule has 0 aromatic carbocycles. The van der Waals surface area contributed by atoms with E-state index in [9.17, 15) is 43.2 Å². The molecule has 0 spiro atoms. The summed E-state index contributed by atoms with van der Waals surface area (Å²) in [7, 11) is -4.79. The number of hydrogen-bond donors (Lipinski definition) is 6. The molecule has 19 heteroatoms. The third-order valence-corrected chi connectivity index (χ3v) is 8.01. The summed E-state index contributed by atoms with van der Waals surface area (Å²) in [6, 6.07) is -0.201. The smallest absolute Gasteiger partial charge is 0.394 e. The number of alkyl halides is 1. The van der Waals surface area contributed by atoms with Gasteiger partial charge in [0.25, 0.3) is 11.1 Å². The second kappa shape index (κ2) is 11.2. The molecule has 4 bridgehead atoms. The molecular weight excluding hydrogens is 564 g/mol. The topological polar surface area (TPSA) is 236 Å². The Labute approximate surface area is 222 Å². The van der Waals surface area contributed by atoms with Gasteiger partial charge in [-0.2, -0.15) is 0 Å². The van der Waals surface area contributed by atoms with Gasteiger partial charge in [-0.15, -0.1) is 0 Å².